The van der Waals surface area contributed by atoms with Gasteiger partial charge in [0.2, 0.25) is 10.8 Å². The summed E-state index contributed by atoms with van der Waals surface area (Å²) < 4.78 is 1.82. The summed E-state index contributed by atoms with van der Waals surface area (Å²) in [6.45, 7) is 2.18. The molecule has 0 spiro atoms. The molecular weight excluding hydrogens is 396 g/mol. The van der Waals surface area contributed by atoms with Crippen LogP contribution in [0.15, 0.2) is 79.0 Å². The number of nitrogens with zero attached hydrogens (tertiary/aromatic N) is 6. The van der Waals surface area contributed by atoms with Crippen LogP contribution >= 0.6 is 0 Å². The van der Waals surface area contributed by atoms with Crippen molar-refractivity contribution in [3.05, 3.63) is 106 Å². The summed E-state index contributed by atoms with van der Waals surface area (Å²) in [5.74, 6) is 0. The quantitative estimate of drug-likeness (QED) is 0.302. The summed E-state index contributed by atoms with van der Waals surface area (Å²) in [5, 5.41) is 22.7. The Bertz CT molecular complexity index is 1320. The van der Waals surface area contributed by atoms with E-state index in [1.54, 1.807) is 24.3 Å². The highest BCUT2D eigenvalue weighted by atomic mass is 15.3. The molecule has 1 heterocycles. The zero-order valence-electron chi connectivity index (χ0n) is 17.8. The topological polar surface area (TPSA) is 74.1 Å². The first kappa shape index (κ1) is 20.7. The average molecular weight is 419 g/mol. The second-order valence-corrected chi connectivity index (χ2v) is 7.47. The maximum Gasteiger partial charge on any atom is 0.385 e. The van der Waals surface area contributed by atoms with Gasteiger partial charge in [-0.15, -0.1) is 0 Å². The lowest BCUT2D eigenvalue weighted by atomic mass is 10.0. The van der Waals surface area contributed by atoms with Crippen molar-refractivity contribution in [3.63, 3.8) is 0 Å². The molecule has 4 aromatic rings. The van der Waals surface area contributed by atoms with Crippen LogP contribution in [0.2, 0.25) is 0 Å². The minimum absolute atomic E-state index is 0.492. The Morgan fingerprint density at radius 1 is 0.812 bits per heavy atom. The van der Waals surface area contributed by atoms with Crippen molar-refractivity contribution in [2.24, 2.45) is 0 Å². The van der Waals surface area contributed by atoms with Crippen LogP contribution in [0.25, 0.3) is 39.0 Å². The summed E-state index contributed by atoms with van der Waals surface area (Å²) >= 11 is 0. The Labute approximate surface area is 186 Å². The van der Waals surface area contributed by atoms with Crippen molar-refractivity contribution < 1.29 is 0 Å². The normalized spacial score (nSPS) is 10.7. The van der Waals surface area contributed by atoms with Gasteiger partial charge in [-0.25, -0.2) is 4.68 Å². The van der Waals surface area contributed by atoms with Crippen molar-refractivity contribution in [1.82, 2.24) is 9.78 Å². The van der Waals surface area contributed by atoms with Gasteiger partial charge in [-0.1, -0.05) is 49.8 Å². The number of hydrogen-bond acceptors (Lipinski definition) is 3. The highest BCUT2D eigenvalue weighted by molar-refractivity contribution is 5.79. The molecule has 0 bridgehead atoms. The Morgan fingerprint density at radius 2 is 1.44 bits per heavy atom. The van der Waals surface area contributed by atoms with Crippen molar-refractivity contribution in [3.8, 4) is 16.9 Å². The molecule has 0 saturated heterocycles. The van der Waals surface area contributed by atoms with E-state index in [4.69, 9.17) is 15.9 Å². The van der Waals surface area contributed by atoms with E-state index in [0.717, 1.165) is 40.9 Å². The summed E-state index contributed by atoms with van der Waals surface area (Å²) in [6, 6.07) is 23.0. The van der Waals surface area contributed by atoms with E-state index in [-0.39, 0.29) is 0 Å². The van der Waals surface area contributed by atoms with Gasteiger partial charge in [0.05, 0.1) is 11.4 Å². The molecule has 0 unspecified atom stereocenters. The molecule has 1 aromatic heterocycles. The van der Waals surface area contributed by atoms with Crippen LogP contribution in [0.1, 0.15) is 30.0 Å². The maximum atomic E-state index is 8.94. The lowest BCUT2D eigenvalue weighted by molar-refractivity contribution is 0.884. The molecule has 32 heavy (non-hydrogen) atoms. The second kappa shape index (κ2) is 9.51. The standard InChI is InChI=1S/C26H22N6/c1-2-3-19-4-9-21(10-5-19)26-22(11-6-20-7-12-23(29-27)13-8-20)18-32(31-26)25-16-14-24(30-28)15-17-25/h4-18H,2-3H2,1H3/q+2/b11-6+. The fourth-order valence-corrected chi connectivity index (χ4v) is 3.49. The van der Waals surface area contributed by atoms with Gasteiger partial charge in [-0.2, -0.15) is 5.10 Å². The third-order valence-corrected chi connectivity index (χ3v) is 5.20. The summed E-state index contributed by atoms with van der Waals surface area (Å²) in [5.41, 5.74) is 7.07. The van der Waals surface area contributed by atoms with E-state index in [1.807, 2.05) is 47.3 Å². The van der Waals surface area contributed by atoms with Crippen LogP contribution in [0, 0.1) is 10.8 Å². The minimum Gasteiger partial charge on any atom is -0.240 e. The zero-order valence-corrected chi connectivity index (χ0v) is 17.8. The molecule has 0 fully saturated rings. The number of rotatable bonds is 6. The number of hydrogen-bond donors (Lipinski definition) is 0. The molecule has 4 rings (SSSR count). The van der Waals surface area contributed by atoms with Gasteiger partial charge in [-0.05, 0) is 41.8 Å². The highest BCUT2D eigenvalue weighted by Gasteiger charge is 2.12. The molecule has 0 aliphatic rings. The van der Waals surface area contributed by atoms with Gasteiger partial charge >= 0.3 is 11.4 Å². The van der Waals surface area contributed by atoms with Crippen LogP contribution < -0.4 is 0 Å². The molecule has 6 nitrogen and oxygen atoms in total. The largest absolute Gasteiger partial charge is 0.385 e. The molecule has 3 aromatic carbocycles. The maximum absolute atomic E-state index is 8.94. The number of aryl methyl sites for hydroxylation is 1. The third-order valence-electron chi connectivity index (χ3n) is 5.20. The first-order valence-corrected chi connectivity index (χ1v) is 10.5. The number of benzene rings is 3. The Morgan fingerprint density at radius 3 is 2.03 bits per heavy atom. The third kappa shape index (κ3) is 4.61. The Hall–Kier alpha value is -4.55. The predicted octanol–water partition coefficient (Wildman–Crippen LogP) is 7.63. The Kier molecular flexibility index (Phi) is 6.15. The van der Waals surface area contributed by atoms with Crippen LogP contribution in [-0.2, 0) is 6.42 Å². The monoisotopic (exact) mass is 418 g/mol. The molecule has 0 amide bonds. The SMILES string of the molecule is CCCc1ccc(-c2nn(-c3ccc([N+]#N)cc3)cc2/C=C/c2ccc([N+]#N)cc2)cc1. The molecule has 0 N–H and O–H groups in total. The van der Waals surface area contributed by atoms with Crippen molar-refractivity contribution >= 4 is 23.5 Å². The molecule has 0 saturated carbocycles. The van der Waals surface area contributed by atoms with Crippen LogP contribution in [0.5, 0.6) is 0 Å². The van der Waals surface area contributed by atoms with Gasteiger partial charge < -0.3 is 0 Å². The van der Waals surface area contributed by atoms with Gasteiger partial charge in [0.15, 0.2) is 9.95 Å². The molecule has 0 atom stereocenters. The van der Waals surface area contributed by atoms with Gasteiger partial charge in [0.25, 0.3) is 0 Å². The van der Waals surface area contributed by atoms with Crippen LogP contribution in [-0.4, -0.2) is 9.78 Å². The zero-order chi connectivity index (χ0) is 22.3. The Balaban J connectivity index is 1.73. The van der Waals surface area contributed by atoms with E-state index in [2.05, 4.69) is 41.1 Å². The van der Waals surface area contributed by atoms with Gasteiger partial charge in [0, 0.05) is 41.6 Å². The number of diazo groups is 2. The van der Waals surface area contributed by atoms with Crippen molar-refractivity contribution in [1.29, 1.82) is 10.8 Å². The lowest BCUT2D eigenvalue weighted by Crippen LogP contribution is -1.94. The van der Waals surface area contributed by atoms with E-state index < -0.39 is 0 Å². The summed E-state index contributed by atoms with van der Waals surface area (Å²) in [4.78, 5) is 6.40. The number of aromatic nitrogens is 2. The first-order valence-electron chi connectivity index (χ1n) is 10.5. The lowest BCUT2D eigenvalue weighted by Gasteiger charge is -2.03. The first-order chi connectivity index (χ1) is 15.7. The fraction of sp³-hybridized carbons (Fsp3) is 0.115. The predicted molar refractivity (Wildman–Crippen MR) is 128 cm³/mol. The average Bonchev–Trinajstić information content (AvgIpc) is 3.28. The van der Waals surface area contributed by atoms with Crippen LogP contribution in [0.4, 0.5) is 11.4 Å². The summed E-state index contributed by atoms with van der Waals surface area (Å²) in [6.07, 6.45) is 8.18. The minimum atomic E-state index is 0.492. The fourth-order valence-electron chi connectivity index (χ4n) is 3.49. The molecular formula is C26H22N6+2. The van der Waals surface area contributed by atoms with E-state index in [9.17, 15) is 0 Å². The van der Waals surface area contributed by atoms with E-state index in [1.165, 1.54) is 5.56 Å². The molecule has 0 aliphatic heterocycles. The van der Waals surface area contributed by atoms with Crippen molar-refractivity contribution in [2.75, 3.05) is 0 Å². The molecule has 6 heteroatoms. The highest BCUT2D eigenvalue weighted by Crippen LogP contribution is 2.27. The van der Waals surface area contributed by atoms with Gasteiger partial charge in [0.1, 0.15) is 0 Å². The van der Waals surface area contributed by atoms with Gasteiger partial charge in [-0.3, -0.25) is 0 Å². The van der Waals surface area contributed by atoms with E-state index in [0.29, 0.717) is 11.4 Å². The smallest absolute Gasteiger partial charge is 0.240 e. The molecule has 154 valence electrons. The molecule has 0 radical (unpaired) electrons. The van der Waals surface area contributed by atoms with Crippen molar-refractivity contribution in [2.45, 2.75) is 19.8 Å². The van der Waals surface area contributed by atoms with E-state index >= 15 is 0 Å². The molecule has 0 aliphatic carbocycles. The van der Waals surface area contributed by atoms with Crippen LogP contribution in [0.3, 0.4) is 0 Å². The second-order valence-electron chi connectivity index (χ2n) is 7.47. The summed E-state index contributed by atoms with van der Waals surface area (Å²) in [7, 11) is 0.